The van der Waals surface area contributed by atoms with Crippen LogP contribution in [0.3, 0.4) is 0 Å². The number of sulfonamides is 1. The zero-order chi connectivity index (χ0) is 26.3. The van der Waals surface area contributed by atoms with Crippen molar-refractivity contribution >= 4 is 27.5 Å². The number of nitrogens with zero attached hydrogens (tertiary/aromatic N) is 2. The average Bonchev–Trinajstić information content (AvgIpc) is 3.31. The largest absolute Gasteiger partial charge is 0.454 e. The molecule has 0 spiro atoms. The molecule has 2 aromatic carbocycles. The lowest BCUT2D eigenvalue weighted by Crippen LogP contribution is -2.53. The Bertz CT molecular complexity index is 1150. The molecule has 2 amide bonds. The summed E-state index contributed by atoms with van der Waals surface area (Å²) in [5, 5.41) is 2.92. The fraction of sp³-hybridized carbons (Fsp3) is 0.462. The number of hydrogen-bond donors (Lipinski definition) is 1. The molecule has 1 aliphatic heterocycles. The number of benzene rings is 2. The Hall–Kier alpha value is -3.27. The molecular formula is C26H35N3O6S. The van der Waals surface area contributed by atoms with Crippen LogP contribution in [0.5, 0.6) is 11.5 Å². The van der Waals surface area contributed by atoms with E-state index in [-0.39, 0.29) is 30.9 Å². The van der Waals surface area contributed by atoms with E-state index in [1.54, 1.807) is 12.1 Å². The minimum absolute atomic E-state index is 0.0491. The Kier molecular flexibility index (Phi) is 9.19. The highest BCUT2D eigenvalue weighted by Crippen LogP contribution is 2.36. The topological polar surface area (TPSA) is 105 Å². The Morgan fingerprint density at radius 3 is 2.39 bits per heavy atom. The first-order valence-electron chi connectivity index (χ1n) is 12.1. The van der Waals surface area contributed by atoms with Crippen molar-refractivity contribution in [3.8, 4) is 11.5 Å². The lowest BCUT2D eigenvalue weighted by molar-refractivity contribution is -0.139. The molecule has 1 heterocycles. The molecule has 9 nitrogen and oxygen atoms in total. The highest BCUT2D eigenvalue weighted by Gasteiger charge is 2.32. The monoisotopic (exact) mass is 517 g/mol. The summed E-state index contributed by atoms with van der Waals surface area (Å²) in [4.78, 5) is 28.2. The number of amides is 2. The summed E-state index contributed by atoms with van der Waals surface area (Å²) in [6, 6.07) is 13.7. The smallest absolute Gasteiger partial charge is 0.244 e. The lowest BCUT2D eigenvalue weighted by Gasteiger charge is -2.33. The van der Waals surface area contributed by atoms with Gasteiger partial charge in [0.05, 0.1) is 11.9 Å². The molecule has 0 fully saturated rings. The van der Waals surface area contributed by atoms with Gasteiger partial charge in [-0.25, -0.2) is 8.42 Å². The first-order chi connectivity index (χ1) is 17.1. The highest BCUT2D eigenvalue weighted by atomic mass is 32.2. The van der Waals surface area contributed by atoms with Gasteiger partial charge < -0.3 is 19.7 Å². The molecule has 1 atom stereocenters. The van der Waals surface area contributed by atoms with Crippen LogP contribution in [-0.4, -0.2) is 63.9 Å². The van der Waals surface area contributed by atoms with Crippen LogP contribution in [0.2, 0.25) is 0 Å². The molecule has 0 unspecified atom stereocenters. The number of anilines is 1. The van der Waals surface area contributed by atoms with E-state index in [0.29, 0.717) is 30.9 Å². The fourth-order valence-corrected chi connectivity index (χ4v) is 4.81. The predicted molar refractivity (Wildman–Crippen MR) is 139 cm³/mol. The van der Waals surface area contributed by atoms with Crippen molar-refractivity contribution in [1.29, 1.82) is 0 Å². The van der Waals surface area contributed by atoms with E-state index in [9.17, 15) is 18.0 Å². The van der Waals surface area contributed by atoms with Gasteiger partial charge >= 0.3 is 0 Å². The number of carbonyl (C=O) groups excluding carboxylic acids is 2. The van der Waals surface area contributed by atoms with Gasteiger partial charge in [0.2, 0.25) is 28.6 Å². The average molecular weight is 518 g/mol. The molecule has 0 radical (unpaired) electrons. The normalized spacial score (nSPS) is 13.4. The summed E-state index contributed by atoms with van der Waals surface area (Å²) in [6.07, 6.45) is 1.97. The van der Waals surface area contributed by atoms with Crippen LogP contribution in [0.15, 0.2) is 48.5 Å². The molecule has 0 aliphatic carbocycles. The van der Waals surface area contributed by atoms with Crippen molar-refractivity contribution in [3.63, 3.8) is 0 Å². The SMILES string of the molecule is CC[C@H](C(=O)NCC(C)C)N(CCc1ccccc1)C(=O)CN(c1ccc2c(c1)OCO2)S(C)(=O)=O. The summed E-state index contributed by atoms with van der Waals surface area (Å²) >= 11 is 0. The maximum atomic E-state index is 13.7. The fourth-order valence-electron chi connectivity index (χ4n) is 3.97. The van der Waals surface area contributed by atoms with Gasteiger partial charge in [-0.1, -0.05) is 51.1 Å². The van der Waals surface area contributed by atoms with Crippen molar-refractivity contribution in [2.24, 2.45) is 5.92 Å². The van der Waals surface area contributed by atoms with E-state index in [4.69, 9.17) is 9.47 Å². The zero-order valence-electron chi connectivity index (χ0n) is 21.3. The molecule has 10 heteroatoms. The van der Waals surface area contributed by atoms with E-state index in [1.807, 2.05) is 51.1 Å². The molecule has 1 aliphatic rings. The number of ether oxygens (including phenoxy) is 2. The van der Waals surface area contributed by atoms with Gasteiger partial charge in [0.1, 0.15) is 12.6 Å². The second-order valence-electron chi connectivity index (χ2n) is 9.19. The summed E-state index contributed by atoms with van der Waals surface area (Å²) in [7, 11) is -3.82. The van der Waals surface area contributed by atoms with Crippen molar-refractivity contribution in [3.05, 3.63) is 54.1 Å². The van der Waals surface area contributed by atoms with Crippen LogP contribution in [0, 0.1) is 5.92 Å². The molecular weight excluding hydrogens is 482 g/mol. The number of nitrogens with one attached hydrogen (secondary N) is 1. The quantitative estimate of drug-likeness (QED) is 0.464. The number of rotatable bonds is 12. The molecule has 196 valence electrons. The van der Waals surface area contributed by atoms with Crippen molar-refractivity contribution in [2.45, 2.75) is 39.7 Å². The molecule has 0 aromatic heterocycles. The summed E-state index contributed by atoms with van der Waals surface area (Å²) in [5.74, 6) is 0.471. The Labute approximate surface area is 213 Å². The number of fused-ring (bicyclic) bond motifs is 1. The van der Waals surface area contributed by atoms with Crippen LogP contribution in [-0.2, 0) is 26.0 Å². The summed E-state index contributed by atoms with van der Waals surface area (Å²) in [5.41, 5.74) is 1.30. The first kappa shape index (κ1) is 27.3. The molecule has 0 bridgehead atoms. The van der Waals surface area contributed by atoms with Crippen molar-refractivity contribution in [2.75, 3.05) is 37.0 Å². The number of hydrogen-bond acceptors (Lipinski definition) is 6. The van der Waals surface area contributed by atoms with Crippen LogP contribution < -0.4 is 19.1 Å². The van der Waals surface area contributed by atoms with Crippen LogP contribution in [0.1, 0.15) is 32.8 Å². The zero-order valence-corrected chi connectivity index (χ0v) is 22.1. The van der Waals surface area contributed by atoms with Gasteiger partial charge in [-0.15, -0.1) is 0 Å². The van der Waals surface area contributed by atoms with Gasteiger partial charge in [-0.05, 0) is 36.5 Å². The standard InChI is InChI=1S/C26H35N3O6S/c1-5-22(26(31)27-16-19(2)3)28(14-13-20-9-7-6-8-10-20)25(30)17-29(36(4,32)33)21-11-12-23-24(15-21)35-18-34-23/h6-12,15,19,22H,5,13-14,16-18H2,1-4H3,(H,27,31)/t22-/m1/s1. The van der Waals surface area contributed by atoms with Gasteiger partial charge in [-0.3, -0.25) is 13.9 Å². The van der Waals surface area contributed by atoms with E-state index in [2.05, 4.69) is 5.32 Å². The van der Waals surface area contributed by atoms with Crippen molar-refractivity contribution in [1.82, 2.24) is 10.2 Å². The molecule has 0 saturated heterocycles. The molecule has 0 saturated carbocycles. The maximum absolute atomic E-state index is 13.7. The third-order valence-electron chi connectivity index (χ3n) is 5.88. The second-order valence-corrected chi connectivity index (χ2v) is 11.1. The molecule has 3 rings (SSSR count). The predicted octanol–water partition coefficient (Wildman–Crippen LogP) is 2.80. The lowest BCUT2D eigenvalue weighted by atomic mass is 10.1. The van der Waals surface area contributed by atoms with Gasteiger partial charge in [-0.2, -0.15) is 0 Å². The van der Waals surface area contributed by atoms with Gasteiger partial charge in [0.25, 0.3) is 0 Å². The van der Waals surface area contributed by atoms with E-state index < -0.39 is 28.5 Å². The maximum Gasteiger partial charge on any atom is 0.244 e. The second kappa shape index (κ2) is 12.1. The van der Waals surface area contributed by atoms with E-state index >= 15 is 0 Å². The van der Waals surface area contributed by atoms with Crippen molar-refractivity contribution < 1.29 is 27.5 Å². The molecule has 2 aromatic rings. The Morgan fingerprint density at radius 1 is 1.06 bits per heavy atom. The Balaban J connectivity index is 1.87. The molecule has 36 heavy (non-hydrogen) atoms. The molecule has 1 N–H and O–H groups in total. The van der Waals surface area contributed by atoms with Gasteiger partial charge in [0, 0.05) is 19.2 Å². The van der Waals surface area contributed by atoms with Crippen LogP contribution in [0.25, 0.3) is 0 Å². The first-order valence-corrected chi connectivity index (χ1v) is 13.9. The summed E-state index contributed by atoms with van der Waals surface area (Å²) in [6.45, 7) is 6.20. The van der Waals surface area contributed by atoms with Crippen LogP contribution >= 0.6 is 0 Å². The highest BCUT2D eigenvalue weighted by molar-refractivity contribution is 7.92. The third kappa shape index (κ3) is 7.13. The summed E-state index contributed by atoms with van der Waals surface area (Å²) < 4.78 is 37.2. The van der Waals surface area contributed by atoms with E-state index in [1.165, 1.54) is 11.0 Å². The minimum Gasteiger partial charge on any atom is -0.454 e. The third-order valence-corrected chi connectivity index (χ3v) is 7.02. The Morgan fingerprint density at radius 2 is 1.75 bits per heavy atom. The number of carbonyl (C=O) groups is 2. The van der Waals surface area contributed by atoms with E-state index in [0.717, 1.165) is 16.1 Å². The minimum atomic E-state index is -3.82. The van der Waals surface area contributed by atoms with Crippen LogP contribution in [0.4, 0.5) is 5.69 Å². The van der Waals surface area contributed by atoms with Gasteiger partial charge in [0.15, 0.2) is 11.5 Å².